The van der Waals surface area contributed by atoms with Crippen molar-refractivity contribution in [3.8, 4) is 0 Å². The second kappa shape index (κ2) is 7.69. The van der Waals surface area contributed by atoms with Crippen molar-refractivity contribution < 1.29 is 35.9 Å². The van der Waals surface area contributed by atoms with Crippen LogP contribution in [0.15, 0.2) is 18.6 Å². The smallest absolute Gasteiger partial charge is 0.319 e. The van der Waals surface area contributed by atoms with Gasteiger partial charge in [-0.15, -0.1) is 0 Å². The minimum Gasteiger partial charge on any atom is -0.319 e. The molecule has 32 heavy (non-hydrogen) atoms. The summed E-state index contributed by atoms with van der Waals surface area (Å²) in [7, 11) is 3.72. The zero-order chi connectivity index (χ0) is 24.0. The third-order valence-corrected chi connectivity index (χ3v) is 3.98. The molecule has 0 spiro atoms. The lowest BCUT2D eigenvalue weighted by Gasteiger charge is -2.09. The van der Waals surface area contributed by atoms with Gasteiger partial charge in [0.2, 0.25) is 0 Å². The minimum absolute atomic E-state index is 0.473. The molecule has 0 aliphatic heterocycles. The molecule has 16 heteroatoms. The fourth-order valence-corrected chi connectivity index (χ4v) is 2.77. The number of carbonyl (C=O) groups excluding carboxylic acids is 2. The van der Waals surface area contributed by atoms with Gasteiger partial charge in [0.25, 0.3) is 11.8 Å². The lowest BCUT2D eigenvalue weighted by molar-refractivity contribution is -0.141. The van der Waals surface area contributed by atoms with Gasteiger partial charge in [0.15, 0.2) is 17.1 Å². The number of nitrogens with zero attached hydrogens (tertiary/aromatic N) is 6. The van der Waals surface area contributed by atoms with Crippen LogP contribution < -0.4 is 10.6 Å². The van der Waals surface area contributed by atoms with Crippen molar-refractivity contribution in [2.45, 2.75) is 12.4 Å². The summed E-state index contributed by atoms with van der Waals surface area (Å²) in [5, 5.41) is 14.2. The molecule has 2 amide bonds. The largest absolute Gasteiger partial charge is 0.437 e. The molecule has 0 fully saturated rings. The maximum absolute atomic E-state index is 13.1. The number of hydrogen-bond acceptors (Lipinski definition) is 5. The van der Waals surface area contributed by atoms with E-state index in [1.165, 1.54) is 21.1 Å². The van der Waals surface area contributed by atoms with E-state index in [1.54, 1.807) is 0 Å². The highest BCUT2D eigenvalue weighted by atomic mass is 19.4. The standard InChI is InChI=1S/C16H14F6N8O2/c1-28-4-7(13(31)23-8-5-29(2)26-11(8)15(17,18)19)10(25-28)14(32)24-9-6-30(3)27-12(9)16(20,21)22/h4-6H,1-3H3,(H,23,31)(H,24,32). The molecular formula is C16H14F6N8O2. The third kappa shape index (κ3) is 4.57. The maximum Gasteiger partial charge on any atom is 0.437 e. The number of amides is 2. The van der Waals surface area contributed by atoms with Crippen molar-refractivity contribution in [3.63, 3.8) is 0 Å². The molecule has 172 valence electrons. The number of nitrogens with one attached hydrogen (secondary N) is 2. The molecule has 0 saturated carbocycles. The summed E-state index contributed by atoms with van der Waals surface area (Å²) in [4.78, 5) is 25.1. The summed E-state index contributed by atoms with van der Waals surface area (Å²) in [5.41, 5.74) is -5.19. The molecule has 3 rings (SSSR count). The van der Waals surface area contributed by atoms with Crippen LogP contribution in [0.25, 0.3) is 0 Å². The van der Waals surface area contributed by atoms with Crippen LogP contribution in [0.1, 0.15) is 32.2 Å². The lowest BCUT2D eigenvalue weighted by Crippen LogP contribution is -2.21. The van der Waals surface area contributed by atoms with Crippen LogP contribution in [0.5, 0.6) is 0 Å². The normalized spacial score (nSPS) is 12.2. The number of anilines is 2. The molecule has 0 atom stereocenters. The summed E-state index contributed by atoms with van der Waals surface area (Å²) in [6.45, 7) is 0. The highest BCUT2D eigenvalue weighted by Crippen LogP contribution is 2.34. The van der Waals surface area contributed by atoms with E-state index in [0.29, 0.717) is 0 Å². The third-order valence-electron chi connectivity index (χ3n) is 3.98. The predicted octanol–water partition coefficient (Wildman–Crippen LogP) is 2.43. The summed E-state index contributed by atoms with van der Waals surface area (Å²) >= 11 is 0. The molecule has 0 radical (unpaired) electrons. The first-order valence-corrected chi connectivity index (χ1v) is 8.55. The molecule has 3 aromatic rings. The number of carbonyl (C=O) groups is 2. The highest BCUT2D eigenvalue weighted by Gasteiger charge is 2.39. The van der Waals surface area contributed by atoms with Gasteiger partial charge in [0.05, 0.1) is 16.9 Å². The van der Waals surface area contributed by atoms with Crippen molar-refractivity contribution in [2.24, 2.45) is 21.1 Å². The van der Waals surface area contributed by atoms with E-state index in [2.05, 4.69) is 15.3 Å². The first-order chi connectivity index (χ1) is 14.7. The molecule has 2 N–H and O–H groups in total. The van der Waals surface area contributed by atoms with Gasteiger partial charge < -0.3 is 10.6 Å². The molecule has 0 aliphatic carbocycles. The van der Waals surface area contributed by atoms with Crippen molar-refractivity contribution in [3.05, 3.63) is 41.2 Å². The quantitative estimate of drug-likeness (QED) is 0.577. The monoisotopic (exact) mass is 464 g/mol. The number of hydrogen-bond donors (Lipinski definition) is 2. The minimum atomic E-state index is -4.87. The molecule has 0 bridgehead atoms. The fraction of sp³-hybridized carbons (Fsp3) is 0.312. The van der Waals surface area contributed by atoms with E-state index in [1.807, 2.05) is 10.6 Å². The lowest BCUT2D eigenvalue weighted by atomic mass is 10.2. The van der Waals surface area contributed by atoms with Gasteiger partial charge >= 0.3 is 12.4 Å². The zero-order valence-electron chi connectivity index (χ0n) is 16.5. The van der Waals surface area contributed by atoms with Crippen LogP contribution in [-0.4, -0.2) is 41.2 Å². The summed E-state index contributed by atoms with van der Waals surface area (Å²) in [5.74, 6) is -2.35. The average Bonchev–Trinajstić information content (AvgIpc) is 3.30. The van der Waals surface area contributed by atoms with Crippen LogP contribution in [-0.2, 0) is 33.5 Å². The van der Waals surface area contributed by atoms with E-state index < -0.39 is 58.2 Å². The first kappa shape index (κ1) is 22.8. The SMILES string of the molecule is Cn1cc(C(=O)Nc2cn(C)nc2C(F)(F)F)c(C(=O)Nc2cn(C)nc2C(F)(F)F)n1. The van der Waals surface area contributed by atoms with Crippen LogP contribution in [0.4, 0.5) is 37.7 Å². The van der Waals surface area contributed by atoms with Gasteiger partial charge in [0.1, 0.15) is 0 Å². The molecule has 0 aliphatic rings. The van der Waals surface area contributed by atoms with Crippen molar-refractivity contribution in [1.82, 2.24) is 29.3 Å². The summed E-state index contributed by atoms with van der Waals surface area (Å²) < 4.78 is 81.2. The van der Waals surface area contributed by atoms with Gasteiger partial charge in [-0.2, -0.15) is 41.6 Å². The van der Waals surface area contributed by atoms with E-state index in [-0.39, 0.29) is 0 Å². The molecule has 3 heterocycles. The van der Waals surface area contributed by atoms with Crippen LogP contribution in [0, 0.1) is 0 Å². The molecule has 0 aromatic carbocycles. The second-order valence-corrected chi connectivity index (χ2v) is 6.60. The molecular weight excluding hydrogens is 450 g/mol. The van der Waals surface area contributed by atoms with E-state index in [9.17, 15) is 35.9 Å². The first-order valence-electron chi connectivity index (χ1n) is 8.55. The van der Waals surface area contributed by atoms with E-state index in [0.717, 1.165) is 32.6 Å². The van der Waals surface area contributed by atoms with E-state index >= 15 is 0 Å². The van der Waals surface area contributed by atoms with Gasteiger partial charge in [-0.3, -0.25) is 23.6 Å². The second-order valence-electron chi connectivity index (χ2n) is 6.60. The number of rotatable bonds is 4. The fourth-order valence-electron chi connectivity index (χ4n) is 2.77. The predicted molar refractivity (Wildman–Crippen MR) is 95.5 cm³/mol. The summed E-state index contributed by atoms with van der Waals surface area (Å²) in [6, 6.07) is 0. The Balaban J connectivity index is 1.90. The Bertz CT molecular complexity index is 1100. The highest BCUT2D eigenvalue weighted by molar-refractivity contribution is 6.14. The van der Waals surface area contributed by atoms with E-state index in [4.69, 9.17) is 0 Å². The maximum atomic E-state index is 13.1. The number of aryl methyl sites for hydroxylation is 3. The van der Waals surface area contributed by atoms with Crippen molar-refractivity contribution >= 4 is 23.2 Å². The van der Waals surface area contributed by atoms with Gasteiger partial charge in [-0.05, 0) is 0 Å². The molecule has 3 aromatic heterocycles. The van der Waals surface area contributed by atoms with Gasteiger partial charge in [-0.25, -0.2) is 0 Å². The topological polar surface area (TPSA) is 112 Å². The van der Waals surface area contributed by atoms with Gasteiger partial charge in [-0.1, -0.05) is 0 Å². The van der Waals surface area contributed by atoms with Crippen LogP contribution in [0.2, 0.25) is 0 Å². The summed E-state index contributed by atoms with van der Waals surface area (Å²) in [6.07, 6.45) is -6.91. The molecule has 10 nitrogen and oxygen atoms in total. The Morgan fingerprint density at radius 3 is 1.56 bits per heavy atom. The van der Waals surface area contributed by atoms with Crippen LogP contribution >= 0.6 is 0 Å². The van der Waals surface area contributed by atoms with Crippen molar-refractivity contribution in [2.75, 3.05) is 10.6 Å². The zero-order valence-corrected chi connectivity index (χ0v) is 16.5. The van der Waals surface area contributed by atoms with Gasteiger partial charge in [0, 0.05) is 39.7 Å². The number of aromatic nitrogens is 6. The molecule has 0 saturated heterocycles. The Labute approximate surface area is 174 Å². The Hall–Kier alpha value is -3.85. The molecule has 0 unspecified atom stereocenters. The Morgan fingerprint density at radius 2 is 1.12 bits per heavy atom. The Morgan fingerprint density at radius 1 is 0.719 bits per heavy atom. The average molecular weight is 464 g/mol. The van der Waals surface area contributed by atoms with Crippen LogP contribution in [0.3, 0.4) is 0 Å². The number of alkyl halides is 6. The van der Waals surface area contributed by atoms with Crippen molar-refractivity contribution in [1.29, 1.82) is 0 Å². The Kier molecular flexibility index (Phi) is 5.48. The number of halogens is 6.